The van der Waals surface area contributed by atoms with Crippen LogP contribution in [0.4, 0.5) is 4.79 Å². The smallest absolute Gasteiger partial charge is 0.407 e. The monoisotopic (exact) mass is 463 g/mol. The van der Waals surface area contributed by atoms with Gasteiger partial charge in [-0.3, -0.25) is 19.4 Å². The molecule has 0 aliphatic carbocycles. The van der Waals surface area contributed by atoms with Crippen LogP contribution in [0.15, 0.2) is 18.3 Å². The average molecular weight is 464 g/mol. The molecule has 0 fully saturated rings. The molecule has 0 radical (unpaired) electrons. The van der Waals surface area contributed by atoms with E-state index < -0.39 is 29.7 Å². The summed E-state index contributed by atoms with van der Waals surface area (Å²) in [6, 6.07) is 2.76. The van der Waals surface area contributed by atoms with Gasteiger partial charge in [-0.1, -0.05) is 19.9 Å². The van der Waals surface area contributed by atoms with E-state index in [0.717, 1.165) is 11.3 Å². The van der Waals surface area contributed by atoms with Crippen molar-refractivity contribution in [1.82, 2.24) is 15.6 Å². The minimum atomic E-state index is -0.858. The molecule has 0 aromatic carbocycles. The zero-order valence-corrected chi connectivity index (χ0v) is 19.4. The third-order valence-corrected chi connectivity index (χ3v) is 5.32. The molecule has 10 heteroatoms. The number of fused-ring (bicyclic) bond motifs is 1. The number of rotatable bonds is 11. The molecule has 1 aromatic rings. The molecule has 0 saturated heterocycles. The number of ether oxygens (including phenoxy) is 3. The van der Waals surface area contributed by atoms with Crippen molar-refractivity contribution in [1.29, 1.82) is 0 Å². The molecular weight excluding hydrogens is 430 g/mol. The minimum Gasteiger partial charge on any atom is -0.447 e. The highest BCUT2D eigenvalue weighted by Crippen LogP contribution is 2.20. The first-order chi connectivity index (χ1) is 15.8. The molecule has 0 bridgehead atoms. The van der Waals surface area contributed by atoms with Crippen molar-refractivity contribution in [2.24, 2.45) is 11.8 Å². The fourth-order valence-corrected chi connectivity index (χ4v) is 3.57. The van der Waals surface area contributed by atoms with Crippen LogP contribution >= 0.6 is 0 Å². The van der Waals surface area contributed by atoms with Gasteiger partial charge < -0.3 is 24.8 Å². The number of hydrogen-bond acceptors (Lipinski definition) is 8. The van der Waals surface area contributed by atoms with E-state index in [1.807, 2.05) is 6.07 Å². The molecule has 2 rings (SSSR count). The average Bonchev–Trinajstić information content (AvgIpc) is 2.84. The topological polar surface area (TPSA) is 133 Å². The van der Waals surface area contributed by atoms with Gasteiger partial charge in [0.15, 0.2) is 5.78 Å². The molecule has 2 N–H and O–H groups in total. The van der Waals surface area contributed by atoms with Gasteiger partial charge in [0.25, 0.3) is 5.91 Å². The van der Waals surface area contributed by atoms with E-state index >= 15 is 0 Å². The molecule has 2 heterocycles. The number of hydrogen-bond donors (Lipinski definition) is 2. The normalized spacial score (nSPS) is 17.3. The van der Waals surface area contributed by atoms with Crippen LogP contribution in [0.3, 0.4) is 0 Å². The SMILES string of the molecule is COCCOCCOC(=O)NC(C(=O)CC1Cc2cccnc2CCNC(=O)C1=O)C(C)C. The molecule has 2 atom stereocenters. The molecule has 1 aromatic heterocycles. The quantitative estimate of drug-likeness (QED) is 0.365. The van der Waals surface area contributed by atoms with E-state index in [-0.39, 0.29) is 37.8 Å². The largest absolute Gasteiger partial charge is 0.447 e. The second-order valence-electron chi connectivity index (χ2n) is 8.16. The van der Waals surface area contributed by atoms with Gasteiger partial charge in [0.05, 0.1) is 25.9 Å². The van der Waals surface area contributed by atoms with E-state index in [1.165, 1.54) is 0 Å². The van der Waals surface area contributed by atoms with Crippen molar-refractivity contribution in [2.75, 3.05) is 40.1 Å². The summed E-state index contributed by atoms with van der Waals surface area (Å²) in [4.78, 5) is 54.6. The maximum Gasteiger partial charge on any atom is 0.407 e. The summed E-state index contributed by atoms with van der Waals surface area (Å²) < 4.78 is 15.2. The highest BCUT2D eigenvalue weighted by molar-refractivity contribution is 6.37. The maximum atomic E-state index is 13.1. The van der Waals surface area contributed by atoms with Crippen LogP contribution in [0.5, 0.6) is 0 Å². The summed E-state index contributed by atoms with van der Waals surface area (Å²) in [6.45, 7) is 4.92. The maximum absolute atomic E-state index is 13.1. The van der Waals surface area contributed by atoms with Crippen molar-refractivity contribution >= 4 is 23.6 Å². The summed E-state index contributed by atoms with van der Waals surface area (Å²) in [7, 11) is 1.56. The lowest BCUT2D eigenvalue weighted by Gasteiger charge is -2.23. The summed E-state index contributed by atoms with van der Waals surface area (Å²) in [5.41, 5.74) is 1.63. The summed E-state index contributed by atoms with van der Waals surface area (Å²) >= 11 is 0. The lowest BCUT2D eigenvalue weighted by molar-refractivity contribution is -0.141. The van der Waals surface area contributed by atoms with Crippen LogP contribution in [-0.2, 0) is 41.4 Å². The number of alkyl carbamates (subject to hydrolysis) is 1. The predicted octanol–water partition coefficient (Wildman–Crippen LogP) is 0.855. The third-order valence-electron chi connectivity index (χ3n) is 5.32. The minimum absolute atomic E-state index is 0.0274. The first-order valence-electron chi connectivity index (χ1n) is 11.1. The van der Waals surface area contributed by atoms with Crippen LogP contribution in [0.2, 0.25) is 0 Å². The van der Waals surface area contributed by atoms with Crippen LogP contribution in [0.25, 0.3) is 0 Å². The molecular formula is C23H33N3O7. The van der Waals surface area contributed by atoms with Crippen molar-refractivity contribution in [2.45, 2.75) is 39.2 Å². The number of methoxy groups -OCH3 is 1. The Balaban J connectivity index is 2.01. The number of pyridine rings is 1. The summed E-state index contributed by atoms with van der Waals surface area (Å²) in [5.74, 6) is -2.76. The van der Waals surface area contributed by atoms with Gasteiger partial charge in [0, 0.05) is 44.3 Å². The second kappa shape index (κ2) is 13.6. The van der Waals surface area contributed by atoms with Crippen LogP contribution in [0.1, 0.15) is 31.5 Å². The van der Waals surface area contributed by atoms with Gasteiger partial charge in [-0.2, -0.15) is 0 Å². The van der Waals surface area contributed by atoms with Gasteiger partial charge in [0.2, 0.25) is 5.78 Å². The fourth-order valence-electron chi connectivity index (χ4n) is 3.57. The zero-order chi connectivity index (χ0) is 24.2. The Kier molecular flexibility index (Phi) is 10.9. The zero-order valence-electron chi connectivity index (χ0n) is 19.4. The molecule has 10 nitrogen and oxygen atoms in total. The van der Waals surface area contributed by atoms with E-state index in [9.17, 15) is 19.2 Å². The molecule has 0 saturated carbocycles. The summed E-state index contributed by atoms with van der Waals surface area (Å²) in [5, 5.41) is 5.17. The van der Waals surface area contributed by atoms with Gasteiger partial charge in [-0.05, 0) is 24.0 Å². The molecule has 1 aliphatic heterocycles. The van der Waals surface area contributed by atoms with Crippen molar-refractivity contribution in [3.63, 3.8) is 0 Å². The summed E-state index contributed by atoms with van der Waals surface area (Å²) in [6.07, 6.45) is 1.48. The van der Waals surface area contributed by atoms with Gasteiger partial charge >= 0.3 is 6.09 Å². The Morgan fingerprint density at radius 1 is 1.21 bits per heavy atom. The van der Waals surface area contributed by atoms with Gasteiger partial charge in [-0.15, -0.1) is 0 Å². The second-order valence-corrected chi connectivity index (χ2v) is 8.16. The Morgan fingerprint density at radius 3 is 2.70 bits per heavy atom. The third kappa shape index (κ3) is 8.54. The fraction of sp³-hybridized carbons (Fsp3) is 0.609. The Morgan fingerprint density at radius 2 is 1.97 bits per heavy atom. The van der Waals surface area contributed by atoms with Crippen molar-refractivity contribution in [3.8, 4) is 0 Å². The molecule has 0 spiro atoms. The van der Waals surface area contributed by atoms with Gasteiger partial charge in [0.1, 0.15) is 6.61 Å². The lowest BCUT2D eigenvalue weighted by Crippen LogP contribution is -2.46. The number of ketones is 2. The van der Waals surface area contributed by atoms with Crippen LogP contribution in [-0.4, -0.2) is 74.7 Å². The highest BCUT2D eigenvalue weighted by atomic mass is 16.6. The number of nitrogens with zero attached hydrogens (tertiary/aromatic N) is 1. The van der Waals surface area contributed by atoms with E-state index in [1.54, 1.807) is 33.2 Å². The van der Waals surface area contributed by atoms with E-state index in [4.69, 9.17) is 14.2 Å². The molecule has 182 valence electrons. The number of amides is 2. The molecule has 33 heavy (non-hydrogen) atoms. The number of aromatic nitrogens is 1. The standard InChI is InChI=1S/C23H33N3O7/c1-15(2)20(26-23(30)33-12-11-32-10-9-31-3)19(27)14-17-13-16-5-4-7-24-18(16)6-8-25-22(29)21(17)28/h4-5,7,15,17,20H,6,8-14H2,1-3H3,(H,25,29)(H,26,30). The Hall–Kier alpha value is -2.85. The number of carbonyl (C=O) groups excluding carboxylic acids is 4. The first kappa shape index (κ1) is 26.4. The van der Waals surface area contributed by atoms with Gasteiger partial charge in [-0.25, -0.2) is 4.79 Å². The number of Topliss-reactive ketones (excluding diaryl/α,β-unsaturated/α-hetero) is 2. The molecule has 2 amide bonds. The molecule has 2 unspecified atom stereocenters. The Bertz CT molecular complexity index is 828. The van der Waals surface area contributed by atoms with E-state index in [2.05, 4.69) is 15.6 Å². The lowest BCUT2D eigenvalue weighted by atomic mass is 9.86. The highest BCUT2D eigenvalue weighted by Gasteiger charge is 2.33. The Labute approximate surface area is 193 Å². The molecule has 1 aliphatic rings. The number of carbonyl (C=O) groups is 4. The van der Waals surface area contributed by atoms with Crippen molar-refractivity contribution < 1.29 is 33.4 Å². The van der Waals surface area contributed by atoms with E-state index in [0.29, 0.717) is 26.2 Å². The van der Waals surface area contributed by atoms with Crippen molar-refractivity contribution in [3.05, 3.63) is 29.6 Å². The van der Waals surface area contributed by atoms with Crippen LogP contribution < -0.4 is 10.6 Å². The van der Waals surface area contributed by atoms with Crippen LogP contribution in [0, 0.1) is 11.8 Å². The first-order valence-corrected chi connectivity index (χ1v) is 11.1. The number of nitrogens with one attached hydrogen (secondary N) is 2. The predicted molar refractivity (Wildman–Crippen MR) is 119 cm³/mol.